The van der Waals surface area contributed by atoms with Gasteiger partial charge >= 0.3 is 0 Å². The summed E-state index contributed by atoms with van der Waals surface area (Å²) in [7, 11) is 3.14. The van der Waals surface area contributed by atoms with Gasteiger partial charge in [0.05, 0.1) is 39.3 Å². The van der Waals surface area contributed by atoms with E-state index >= 15 is 0 Å². The molecule has 1 atom stereocenters. The number of methoxy groups -OCH3 is 2. The molecule has 0 radical (unpaired) electrons. The largest absolute Gasteiger partial charge is 0.493 e. The van der Waals surface area contributed by atoms with Crippen LogP contribution in [-0.2, 0) is 17.9 Å². The van der Waals surface area contributed by atoms with Crippen molar-refractivity contribution in [3.05, 3.63) is 60.0 Å². The van der Waals surface area contributed by atoms with Gasteiger partial charge in [-0.2, -0.15) is 0 Å². The minimum atomic E-state index is -1.14. The lowest BCUT2D eigenvalue weighted by atomic mass is 9.93. The first-order chi connectivity index (χ1) is 16.8. The quantitative estimate of drug-likeness (QED) is 0.493. The molecule has 0 aliphatic carbocycles. The van der Waals surface area contributed by atoms with Crippen LogP contribution in [0.5, 0.6) is 11.5 Å². The molecule has 35 heavy (non-hydrogen) atoms. The first kappa shape index (κ1) is 24.4. The van der Waals surface area contributed by atoms with E-state index < -0.39 is 5.54 Å². The third kappa shape index (κ3) is 4.52. The predicted molar refractivity (Wildman–Crippen MR) is 132 cm³/mol. The number of amides is 2. The van der Waals surface area contributed by atoms with E-state index in [1.807, 2.05) is 35.8 Å². The second-order valence-corrected chi connectivity index (χ2v) is 9.42. The van der Waals surface area contributed by atoms with E-state index in [-0.39, 0.29) is 24.9 Å². The Bertz CT molecular complexity index is 1200. The predicted octanol–water partition coefficient (Wildman–Crippen LogP) is 4.34. The SMILES string of the molecule is COc1cccc(CN2C(=O)c3ccc(-c4ccco4)n3CC2(C)C(=O)NCCC(C)C)c1OC. The summed E-state index contributed by atoms with van der Waals surface area (Å²) in [6.07, 6.45) is 2.45. The highest BCUT2D eigenvalue weighted by Crippen LogP contribution is 2.37. The number of aromatic nitrogens is 1. The number of nitrogens with one attached hydrogen (secondary N) is 1. The molecule has 2 amide bonds. The maximum absolute atomic E-state index is 13.9. The topological polar surface area (TPSA) is 85.9 Å². The first-order valence-electron chi connectivity index (χ1n) is 11.8. The van der Waals surface area contributed by atoms with Gasteiger partial charge in [-0.15, -0.1) is 0 Å². The molecule has 3 aromatic rings. The van der Waals surface area contributed by atoms with Gasteiger partial charge in [0.2, 0.25) is 5.91 Å². The molecule has 2 aromatic heterocycles. The normalized spacial score (nSPS) is 17.4. The van der Waals surface area contributed by atoms with Crippen molar-refractivity contribution in [2.24, 2.45) is 5.92 Å². The molecule has 8 nitrogen and oxygen atoms in total. The number of benzene rings is 1. The number of para-hydroxylation sites is 1. The second-order valence-electron chi connectivity index (χ2n) is 9.42. The average molecular weight is 480 g/mol. The molecule has 1 aliphatic heterocycles. The van der Waals surface area contributed by atoms with Gasteiger partial charge in [-0.3, -0.25) is 9.59 Å². The summed E-state index contributed by atoms with van der Waals surface area (Å²) in [6, 6.07) is 12.8. The van der Waals surface area contributed by atoms with E-state index in [2.05, 4.69) is 19.2 Å². The van der Waals surface area contributed by atoms with Gasteiger partial charge in [0, 0.05) is 12.1 Å². The minimum Gasteiger partial charge on any atom is -0.493 e. The van der Waals surface area contributed by atoms with E-state index in [1.54, 1.807) is 43.6 Å². The van der Waals surface area contributed by atoms with Crippen molar-refractivity contribution in [2.45, 2.75) is 45.8 Å². The molecule has 0 bridgehead atoms. The molecule has 4 rings (SSSR count). The van der Waals surface area contributed by atoms with Gasteiger partial charge in [-0.05, 0) is 49.6 Å². The van der Waals surface area contributed by atoms with E-state index in [9.17, 15) is 9.59 Å². The highest BCUT2D eigenvalue weighted by molar-refractivity contribution is 6.00. The molecule has 0 fully saturated rings. The Hall–Kier alpha value is -3.68. The van der Waals surface area contributed by atoms with E-state index in [0.29, 0.717) is 35.4 Å². The fourth-order valence-corrected chi connectivity index (χ4v) is 4.57. The molecule has 8 heteroatoms. The molecule has 3 heterocycles. The fraction of sp³-hybridized carbons (Fsp3) is 0.407. The molecule has 0 saturated heterocycles. The maximum atomic E-state index is 13.9. The molecular weight excluding hydrogens is 446 g/mol. The molecule has 1 aliphatic rings. The third-order valence-corrected chi connectivity index (χ3v) is 6.59. The van der Waals surface area contributed by atoms with Crippen LogP contribution < -0.4 is 14.8 Å². The highest BCUT2D eigenvalue weighted by atomic mass is 16.5. The van der Waals surface area contributed by atoms with Crippen LogP contribution in [0.25, 0.3) is 11.5 Å². The van der Waals surface area contributed by atoms with Crippen molar-refractivity contribution in [1.82, 2.24) is 14.8 Å². The standard InChI is InChI=1S/C27H33N3O5/c1-18(2)13-14-28-26(32)27(3)17-29-20(22-10-7-15-35-22)11-12-21(29)25(31)30(27)16-19-8-6-9-23(33-4)24(19)34-5/h6-12,15,18H,13-14,16-17H2,1-5H3,(H,28,32). The zero-order valence-electron chi connectivity index (χ0n) is 21.0. The van der Waals surface area contributed by atoms with Gasteiger partial charge < -0.3 is 28.7 Å². The smallest absolute Gasteiger partial charge is 0.271 e. The van der Waals surface area contributed by atoms with Crippen LogP contribution in [0.4, 0.5) is 0 Å². The molecule has 1 aromatic carbocycles. The van der Waals surface area contributed by atoms with Gasteiger partial charge in [-0.25, -0.2) is 0 Å². The van der Waals surface area contributed by atoms with Crippen LogP contribution in [0, 0.1) is 5.92 Å². The molecular formula is C27H33N3O5. The number of ether oxygens (including phenoxy) is 2. The summed E-state index contributed by atoms with van der Waals surface area (Å²) < 4.78 is 18.5. The minimum absolute atomic E-state index is 0.189. The summed E-state index contributed by atoms with van der Waals surface area (Å²) in [5.74, 6) is 1.78. The van der Waals surface area contributed by atoms with Crippen molar-refractivity contribution in [3.8, 4) is 23.0 Å². The van der Waals surface area contributed by atoms with Crippen LogP contribution in [0.3, 0.4) is 0 Å². The number of fused-ring (bicyclic) bond motifs is 1. The van der Waals surface area contributed by atoms with Crippen LogP contribution >= 0.6 is 0 Å². The molecule has 1 unspecified atom stereocenters. The Morgan fingerprint density at radius 1 is 1.11 bits per heavy atom. The van der Waals surface area contributed by atoms with E-state index in [4.69, 9.17) is 13.9 Å². The van der Waals surface area contributed by atoms with Crippen molar-refractivity contribution in [2.75, 3.05) is 20.8 Å². The van der Waals surface area contributed by atoms with E-state index in [0.717, 1.165) is 17.7 Å². The zero-order valence-corrected chi connectivity index (χ0v) is 21.0. The molecule has 1 N–H and O–H groups in total. The Labute approximate surface area is 205 Å². The van der Waals surface area contributed by atoms with Crippen LogP contribution in [0.1, 0.15) is 43.2 Å². The lowest BCUT2D eigenvalue weighted by Crippen LogP contribution is -2.63. The highest BCUT2D eigenvalue weighted by Gasteiger charge is 2.48. The molecule has 0 saturated carbocycles. The monoisotopic (exact) mass is 479 g/mol. The van der Waals surface area contributed by atoms with E-state index in [1.165, 1.54) is 0 Å². The number of nitrogens with zero attached hydrogens (tertiary/aromatic N) is 2. The Morgan fingerprint density at radius 2 is 1.89 bits per heavy atom. The number of rotatable bonds is 9. The lowest BCUT2D eigenvalue weighted by Gasteiger charge is -2.44. The summed E-state index contributed by atoms with van der Waals surface area (Å²) in [4.78, 5) is 29.2. The van der Waals surface area contributed by atoms with Gasteiger partial charge in [0.1, 0.15) is 17.0 Å². The van der Waals surface area contributed by atoms with Crippen molar-refractivity contribution in [1.29, 1.82) is 0 Å². The number of hydrogen-bond acceptors (Lipinski definition) is 5. The number of carbonyl (C=O) groups is 2. The summed E-state index contributed by atoms with van der Waals surface area (Å²) in [6.45, 7) is 7.06. The zero-order chi connectivity index (χ0) is 25.2. The number of hydrogen-bond donors (Lipinski definition) is 1. The Balaban J connectivity index is 1.76. The van der Waals surface area contributed by atoms with Crippen LogP contribution in [0.15, 0.2) is 53.1 Å². The molecule has 0 spiro atoms. The maximum Gasteiger partial charge on any atom is 0.271 e. The summed E-state index contributed by atoms with van der Waals surface area (Å²) in [5.41, 5.74) is 0.881. The van der Waals surface area contributed by atoms with Gasteiger partial charge in [-0.1, -0.05) is 26.0 Å². The second kappa shape index (κ2) is 9.90. The van der Waals surface area contributed by atoms with Crippen molar-refractivity contribution in [3.63, 3.8) is 0 Å². The summed E-state index contributed by atoms with van der Waals surface area (Å²) >= 11 is 0. The summed E-state index contributed by atoms with van der Waals surface area (Å²) in [5, 5.41) is 3.06. The number of furan rings is 1. The Morgan fingerprint density at radius 3 is 2.54 bits per heavy atom. The van der Waals surface area contributed by atoms with Gasteiger partial charge in [0.25, 0.3) is 5.91 Å². The average Bonchev–Trinajstić information content (AvgIpc) is 3.51. The molecule has 186 valence electrons. The van der Waals surface area contributed by atoms with Crippen molar-refractivity contribution >= 4 is 11.8 Å². The van der Waals surface area contributed by atoms with Gasteiger partial charge in [0.15, 0.2) is 11.5 Å². The first-order valence-corrected chi connectivity index (χ1v) is 11.8. The third-order valence-electron chi connectivity index (χ3n) is 6.59. The van der Waals surface area contributed by atoms with Crippen LogP contribution in [0.2, 0.25) is 0 Å². The van der Waals surface area contributed by atoms with Crippen LogP contribution in [-0.4, -0.2) is 47.6 Å². The Kier molecular flexibility index (Phi) is 6.91. The van der Waals surface area contributed by atoms with Crippen molar-refractivity contribution < 1.29 is 23.5 Å². The fourth-order valence-electron chi connectivity index (χ4n) is 4.57. The lowest BCUT2D eigenvalue weighted by molar-refractivity contribution is -0.133. The number of carbonyl (C=O) groups excluding carboxylic acids is 2.